The molecule has 0 amide bonds. The first-order valence-electron chi connectivity index (χ1n) is 5.61. The zero-order valence-corrected chi connectivity index (χ0v) is 12.0. The number of furan rings is 1. The summed E-state index contributed by atoms with van der Waals surface area (Å²) in [4.78, 5) is 0. The molecule has 1 heterocycles. The van der Waals surface area contributed by atoms with Gasteiger partial charge in [-0.05, 0) is 40.8 Å². The molecular formula is C15H11IO2. The molecule has 2 aromatic carbocycles. The Hall–Kier alpha value is -1.49. The van der Waals surface area contributed by atoms with E-state index in [1.807, 2.05) is 42.5 Å². The minimum atomic E-state index is 0.828. The molecule has 0 aliphatic rings. The number of rotatable bonds is 2. The number of ether oxygens (including phenoxy) is 1. The summed E-state index contributed by atoms with van der Waals surface area (Å²) in [6, 6.07) is 16.0. The van der Waals surface area contributed by atoms with Crippen molar-refractivity contribution < 1.29 is 9.15 Å². The summed E-state index contributed by atoms with van der Waals surface area (Å²) in [5, 5.41) is 1.14. The SMILES string of the molecule is COc1ccccc1-c1oc2ccccc2c1I. The predicted molar refractivity (Wildman–Crippen MR) is 80.9 cm³/mol. The standard InChI is InChI=1S/C15H11IO2/c1-17-12-8-4-3-7-11(12)15-14(16)10-6-2-5-9-13(10)18-15/h2-9H,1H3. The monoisotopic (exact) mass is 350 g/mol. The van der Waals surface area contributed by atoms with Gasteiger partial charge in [-0.25, -0.2) is 0 Å². The highest BCUT2D eigenvalue weighted by Crippen LogP contribution is 2.38. The Morgan fingerprint density at radius 3 is 2.50 bits per heavy atom. The zero-order valence-electron chi connectivity index (χ0n) is 9.81. The molecule has 0 N–H and O–H groups in total. The molecule has 2 nitrogen and oxygen atoms in total. The number of benzene rings is 2. The summed E-state index contributed by atoms with van der Waals surface area (Å²) in [6.07, 6.45) is 0. The van der Waals surface area contributed by atoms with Crippen LogP contribution in [0.3, 0.4) is 0 Å². The maximum absolute atomic E-state index is 5.94. The first-order valence-corrected chi connectivity index (χ1v) is 6.69. The fourth-order valence-corrected chi connectivity index (χ4v) is 2.87. The van der Waals surface area contributed by atoms with E-state index >= 15 is 0 Å². The summed E-state index contributed by atoms with van der Waals surface area (Å²) >= 11 is 2.32. The van der Waals surface area contributed by atoms with Gasteiger partial charge in [0.05, 0.1) is 16.2 Å². The molecule has 0 radical (unpaired) electrons. The van der Waals surface area contributed by atoms with Gasteiger partial charge in [0.2, 0.25) is 0 Å². The van der Waals surface area contributed by atoms with Gasteiger partial charge in [-0.3, -0.25) is 0 Å². The van der Waals surface area contributed by atoms with E-state index in [0.717, 1.165) is 31.6 Å². The Bertz CT molecular complexity index is 701. The van der Waals surface area contributed by atoms with Gasteiger partial charge >= 0.3 is 0 Å². The first kappa shape index (κ1) is 11.6. The van der Waals surface area contributed by atoms with E-state index in [4.69, 9.17) is 9.15 Å². The lowest BCUT2D eigenvalue weighted by Gasteiger charge is -2.05. The summed E-state index contributed by atoms with van der Waals surface area (Å²) in [5.74, 6) is 1.70. The topological polar surface area (TPSA) is 22.4 Å². The van der Waals surface area contributed by atoms with E-state index in [2.05, 4.69) is 28.7 Å². The highest BCUT2D eigenvalue weighted by Gasteiger charge is 2.16. The van der Waals surface area contributed by atoms with Crippen LogP contribution < -0.4 is 4.74 Å². The van der Waals surface area contributed by atoms with Gasteiger partial charge in [-0.2, -0.15) is 0 Å². The fourth-order valence-electron chi connectivity index (χ4n) is 2.02. The second-order valence-electron chi connectivity index (χ2n) is 3.94. The van der Waals surface area contributed by atoms with Gasteiger partial charge in [-0.1, -0.05) is 30.3 Å². The van der Waals surface area contributed by atoms with Crippen molar-refractivity contribution in [3.63, 3.8) is 0 Å². The lowest BCUT2D eigenvalue weighted by molar-refractivity contribution is 0.415. The number of halogens is 1. The molecular weight excluding hydrogens is 339 g/mol. The third-order valence-corrected chi connectivity index (χ3v) is 3.96. The molecule has 3 aromatic rings. The number of hydrogen-bond acceptors (Lipinski definition) is 2. The van der Waals surface area contributed by atoms with Crippen LogP contribution in [0.25, 0.3) is 22.3 Å². The maximum Gasteiger partial charge on any atom is 0.152 e. The van der Waals surface area contributed by atoms with Gasteiger partial charge < -0.3 is 9.15 Å². The Kier molecular flexibility index (Phi) is 2.99. The number of methoxy groups -OCH3 is 1. The molecule has 0 bridgehead atoms. The molecule has 0 aliphatic carbocycles. The molecule has 0 fully saturated rings. The first-order chi connectivity index (χ1) is 8.81. The van der Waals surface area contributed by atoms with E-state index in [-0.39, 0.29) is 0 Å². The van der Waals surface area contributed by atoms with E-state index in [0.29, 0.717) is 0 Å². The van der Waals surface area contributed by atoms with Gasteiger partial charge in [0.15, 0.2) is 5.76 Å². The van der Waals surface area contributed by atoms with Crippen molar-refractivity contribution in [3.8, 4) is 17.1 Å². The minimum Gasteiger partial charge on any atom is -0.496 e. The van der Waals surface area contributed by atoms with Gasteiger partial charge in [0.1, 0.15) is 11.3 Å². The molecule has 1 aromatic heterocycles. The van der Waals surface area contributed by atoms with E-state index in [9.17, 15) is 0 Å². The molecule has 3 rings (SSSR count). The van der Waals surface area contributed by atoms with E-state index < -0.39 is 0 Å². The van der Waals surface area contributed by atoms with Crippen molar-refractivity contribution in [1.29, 1.82) is 0 Å². The molecule has 0 aliphatic heterocycles. The van der Waals surface area contributed by atoms with Crippen LogP contribution in [-0.2, 0) is 0 Å². The van der Waals surface area contributed by atoms with Gasteiger partial charge in [0.25, 0.3) is 0 Å². The molecule has 3 heteroatoms. The van der Waals surface area contributed by atoms with Crippen molar-refractivity contribution in [1.82, 2.24) is 0 Å². The fraction of sp³-hybridized carbons (Fsp3) is 0.0667. The Morgan fingerprint density at radius 2 is 1.72 bits per heavy atom. The van der Waals surface area contributed by atoms with E-state index in [1.165, 1.54) is 0 Å². The van der Waals surface area contributed by atoms with Crippen molar-refractivity contribution in [3.05, 3.63) is 52.1 Å². The lowest BCUT2D eigenvalue weighted by atomic mass is 10.1. The third kappa shape index (κ3) is 1.79. The van der Waals surface area contributed by atoms with Gasteiger partial charge in [-0.15, -0.1) is 0 Å². The highest BCUT2D eigenvalue weighted by molar-refractivity contribution is 14.1. The molecule has 0 saturated carbocycles. The molecule has 0 unspecified atom stereocenters. The van der Waals surface area contributed by atoms with Crippen molar-refractivity contribution in [2.45, 2.75) is 0 Å². The van der Waals surface area contributed by atoms with Crippen molar-refractivity contribution >= 4 is 33.6 Å². The lowest BCUT2D eigenvalue weighted by Crippen LogP contribution is -1.87. The second-order valence-corrected chi connectivity index (χ2v) is 5.02. The largest absolute Gasteiger partial charge is 0.496 e. The zero-order chi connectivity index (χ0) is 12.5. The summed E-state index contributed by atoms with van der Waals surface area (Å²) in [6.45, 7) is 0. The van der Waals surface area contributed by atoms with Crippen LogP contribution in [-0.4, -0.2) is 7.11 Å². The summed E-state index contributed by atoms with van der Waals surface area (Å²) in [7, 11) is 1.67. The molecule has 0 spiro atoms. The van der Waals surface area contributed by atoms with Crippen LogP contribution in [0.4, 0.5) is 0 Å². The van der Waals surface area contributed by atoms with Crippen LogP contribution in [0.2, 0.25) is 0 Å². The highest BCUT2D eigenvalue weighted by atomic mass is 127. The van der Waals surface area contributed by atoms with Crippen LogP contribution in [0.5, 0.6) is 5.75 Å². The second kappa shape index (κ2) is 4.65. The van der Waals surface area contributed by atoms with Crippen molar-refractivity contribution in [2.75, 3.05) is 7.11 Å². The Balaban J connectivity index is 2.28. The Morgan fingerprint density at radius 1 is 1.00 bits per heavy atom. The number of para-hydroxylation sites is 2. The van der Waals surface area contributed by atoms with Crippen LogP contribution in [0.1, 0.15) is 0 Å². The smallest absolute Gasteiger partial charge is 0.152 e. The molecule has 0 saturated heterocycles. The van der Waals surface area contributed by atoms with Crippen LogP contribution in [0, 0.1) is 3.57 Å². The number of fused-ring (bicyclic) bond motifs is 1. The maximum atomic E-state index is 5.94. The van der Waals surface area contributed by atoms with E-state index in [1.54, 1.807) is 7.11 Å². The molecule has 0 atom stereocenters. The van der Waals surface area contributed by atoms with Gasteiger partial charge in [0, 0.05) is 5.39 Å². The predicted octanol–water partition coefficient (Wildman–Crippen LogP) is 4.71. The van der Waals surface area contributed by atoms with Crippen molar-refractivity contribution in [2.24, 2.45) is 0 Å². The average Bonchev–Trinajstić information content (AvgIpc) is 2.76. The average molecular weight is 350 g/mol. The molecule has 18 heavy (non-hydrogen) atoms. The summed E-state index contributed by atoms with van der Waals surface area (Å²) < 4.78 is 12.4. The summed E-state index contributed by atoms with van der Waals surface area (Å²) in [5.41, 5.74) is 1.89. The quantitative estimate of drug-likeness (QED) is 0.625. The normalized spacial score (nSPS) is 10.8. The minimum absolute atomic E-state index is 0.828. The number of hydrogen-bond donors (Lipinski definition) is 0. The Labute approximate surface area is 119 Å². The van der Waals surface area contributed by atoms with Crippen LogP contribution >= 0.6 is 22.6 Å². The van der Waals surface area contributed by atoms with Crippen LogP contribution in [0.15, 0.2) is 52.9 Å². The molecule has 90 valence electrons. The third-order valence-electron chi connectivity index (χ3n) is 2.89.